The molecule has 2 heterocycles. The van der Waals surface area contributed by atoms with Crippen molar-refractivity contribution < 1.29 is 33.0 Å². The number of hydrogen-bond donors (Lipinski definition) is 7. The molecule has 2 aliphatic heterocycles. The lowest BCUT2D eigenvalue weighted by Gasteiger charge is -2.29. The van der Waals surface area contributed by atoms with Crippen LogP contribution in [0.4, 0.5) is 5.69 Å². The lowest BCUT2D eigenvalue weighted by molar-refractivity contribution is -0.149. The molecule has 0 aliphatic carbocycles. The minimum Gasteiger partial charge on any atom is -0.480 e. The maximum Gasteiger partial charge on any atom is 0.326 e. The molecule has 8 N–H and O–H groups in total. The molecular formula is C29H39ClN6O7S2. The van der Waals surface area contributed by atoms with Gasteiger partial charge in [0.25, 0.3) is 0 Å². The smallest absolute Gasteiger partial charge is 0.326 e. The van der Waals surface area contributed by atoms with Gasteiger partial charge in [0.2, 0.25) is 15.9 Å². The third-order valence-electron chi connectivity index (χ3n) is 7.83. The van der Waals surface area contributed by atoms with Gasteiger partial charge in [0.05, 0.1) is 23.4 Å². The van der Waals surface area contributed by atoms with E-state index >= 15 is 0 Å². The van der Waals surface area contributed by atoms with Crippen LogP contribution < -0.4 is 25.8 Å². The summed E-state index contributed by atoms with van der Waals surface area (Å²) in [4.78, 5) is 39.2. The lowest BCUT2D eigenvalue weighted by Crippen LogP contribution is -2.54. The van der Waals surface area contributed by atoms with Crippen molar-refractivity contribution in [3.8, 4) is 0 Å². The fourth-order valence-electron chi connectivity index (χ4n) is 5.38. The summed E-state index contributed by atoms with van der Waals surface area (Å²) in [5.41, 5.74) is 7.90. The number of carboxylic acid groups (broad SMARTS) is 2. The number of hydrogen-bond acceptors (Lipinski definition) is 10. The molecule has 0 spiro atoms. The van der Waals surface area contributed by atoms with Gasteiger partial charge in [0.1, 0.15) is 17.0 Å². The number of carbonyl (C=O) groups is 3. The molecular weight excluding hydrogens is 644 g/mol. The number of aryl methyl sites for hydroxylation is 1. The van der Waals surface area contributed by atoms with Crippen LogP contribution in [-0.2, 0) is 37.4 Å². The lowest BCUT2D eigenvalue weighted by atomic mass is 10.0. The third-order valence-corrected chi connectivity index (χ3v) is 10.5. The molecule has 0 radical (unpaired) electrons. The maximum atomic E-state index is 13.3. The molecule has 3 atom stereocenters. The van der Waals surface area contributed by atoms with Gasteiger partial charge in [-0.3, -0.25) is 14.9 Å². The van der Waals surface area contributed by atoms with Crippen molar-refractivity contribution >= 4 is 57.1 Å². The largest absolute Gasteiger partial charge is 0.480 e. The standard InChI is InChI=1S/C29H39ClN6O7S2/c30-20-14-23-25(44-33-17-32-23)15-26(20)45(42,43)34-16-19-8-6-18(7-9-19)10-11-22(28(38)39)35-21(4-1-2-12-31)27(37)36-13-3-5-24(36)29(40)41/h6-9,14-15,21-22,24,32-35H,1-5,10-13,16-17,31H2,(H,38,39)(H,40,41)/t21-,22-,24-/m0/s1. The molecule has 2 aromatic carbocycles. The van der Waals surface area contributed by atoms with E-state index in [0.717, 1.165) is 16.1 Å². The fourth-order valence-corrected chi connectivity index (χ4v) is 7.74. The third kappa shape index (κ3) is 9.31. The van der Waals surface area contributed by atoms with Crippen LogP contribution in [0.25, 0.3) is 0 Å². The molecule has 0 aromatic heterocycles. The van der Waals surface area contributed by atoms with E-state index in [0.29, 0.717) is 63.8 Å². The molecule has 0 bridgehead atoms. The number of unbranched alkanes of at least 4 members (excludes halogenated alkanes) is 1. The topological polar surface area (TPSA) is 203 Å². The van der Waals surface area contributed by atoms with E-state index in [9.17, 15) is 33.0 Å². The first kappa shape index (κ1) is 34.9. The average Bonchev–Trinajstić information content (AvgIpc) is 3.51. The van der Waals surface area contributed by atoms with Crippen molar-refractivity contribution in [1.82, 2.24) is 19.7 Å². The summed E-state index contributed by atoms with van der Waals surface area (Å²) in [6.45, 7) is 1.31. The Morgan fingerprint density at radius 2 is 1.82 bits per heavy atom. The van der Waals surface area contributed by atoms with E-state index in [4.69, 9.17) is 17.3 Å². The number of nitrogens with one attached hydrogen (secondary N) is 4. The average molecular weight is 683 g/mol. The SMILES string of the molecule is NCCCC[C@H](N[C@@H](CCc1ccc(CNS(=O)(=O)c2cc3c(cc2Cl)NCNS3)cc1)C(=O)O)C(=O)N1CCC[C@H]1C(=O)O. The van der Waals surface area contributed by atoms with Crippen molar-refractivity contribution in [2.24, 2.45) is 5.73 Å². The van der Waals surface area contributed by atoms with Gasteiger partial charge in [-0.05, 0) is 80.3 Å². The summed E-state index contributed by atoms with van der Waals surface area (Å²) >= 11 is 7.60. The van der Waals surface area contributed by atoms with Crippen LogP contribution in [-0.4, -0.2) is 79.3 Å². The van der Waals surface area contributed by atoms with Crippen LogP contribution in [0.1, 0.15) is 49.7 Å². The summed E-state index contributed by atoms with van der Waals surface area (Å²) in [7, 11) is -3.90. The Labute approximate surface area is 271 Å². The van der Waals surface area contributed by atoms with Crippen molar-refractivity contribution in [3.05, 3.63) is 52.5 Å². The minimum absolute atomic E-state index is 0.0206. The number of benzene rings is 2. The summed E-state index contributed by atoms with van der Waals surface area (Å²) < 4.78 is 31.6. The molecule has 1 amide bonds. The van der Waals surface area contributed by atoms with Crippen molar-refractivity contribution in [2.45, 2.75) is 79.4 Å². The second-order valence-electron chi connectivity index (χ2n) is 11.0. The number of nitrogens with zero attached hydrogens (tertiary/aromatic N) is 1. The monoisotopic (exact) mass is 682 g/mol. The number of halogens is 1. The van der Waals surface area contributed by atoms with Gasteiger partial charge in [0, 0.05) is 18.0 Å². The normalized spacial score (nSPS) is 17.7. The summed E-state index contributed by atoms with van der Waals surface area (Å²) in [6, 6.07) is 7.43. The van der Waals surface area contributed by atoms with Crippen LogP contribution in [0.2, 0.25) is 5.02 Å². The Kier molecular flexibility index (Phi) is 12.5. The number of anilines is 1. The summed E-state index contributed by atoms with van der Waals surface area (Å²) in [5, 5.41) is 25.7. The number of amides is 1. The predicted molar refractivity (Wildman–Crippen MR) is 171 cm³/mol. The van der Waals surface area contributed by atoms with E-state index in [1.807, 2.05) is 0 Å². The Bertz CT molecular complexity index is 1480. The zero-order valence-corrected chi connectivity index (χ0v) is 27.0. The van der Waals surface area contributed by atoms with E-state index < -0.39 is 46.0 Å². The molecule has 1 saturated heterocycles. The highest BCUT2D eigenvalue weighted by molar-refractivity contribution is 7.97. The van der Waals surface area contributed by atoms with Gasteiger partial charge in [-0.2, -0.15) is 0 Å². The zero-order valence-electron chi connectivity index (χ0n) is 24.6. The van der Waals surface area contributed by atoms with Crippen molar-refractivity contribution in [1.29, 1.82) is 0 Å². The highest BCUT2D eigenvalue weighted by Crippen LogP contribution is 2.35. The Hall–Kier alpha value is -2.92. The highest BCUT2D eigenvalue weighted by atomic mass is 35.5. The first-order valence-corrected chi connectivity index (χ1v) is 17.4. The van der Waals surface area contributed by atoms with E-state index in [1.165, 1.54) is 22.9 Å². The highest BCUT2D eigenvalue weighted by Gasteiger charge is 2.38. The van der Waals surface area contributed by atoms with E-state index in [-0.39, 0.29) is 22.9 Å². The van der Waals surface area contributed by atoms with Crippen LogP contribution in [0.15, 0.2) is 46.2 Å². The molecule has 16 heteroatoms. The first-order valence-electron chi connectivity index (χ1n) is 14.8. The summed E-state index contributed by atoms with van der Waals surface area (Å²) in [6.07, 6.45) is 3.10. The zero-order chi connectivity index (χ0) is 32.6. The van der Waals surface area contributed by atoms with Gasteiger partial charge in [-0.15, -0.1) is 0 Å². The molecule has 2 aliphatic rings. The Morgan fingerprint density at radius 1 is 1.09 bits per heavy atom. The maximum absolute atomic E-state index is 13.3. The van der Waals surface area contributed by atoms with Gasteiger partial charge in [0.15, 0.2) is 0 Å². The first-order chi connectivity index (χ1) is 21.5. The number of fused-ring (bicyclic) bond motifs is 1. The number of carboxylic acids is 2. The van der Waals surface area contributed by atoms with Crippen LogP contribution in [0, 0.1) is 0 Å². The van der Waals surface area contributed by atoms with Crippen molar-refractivity contribution in [3.63, 3.8) is 0 Å². The molecule has 4 rings (SSSR count). The van der Waals surface area contributed by atoms with E-state index in [2.05, 4.69) is 20.1 Å². The van der Waals surface area contributed by atoms with Gasteiger partial charge < -0.3 is 26.2 Å². The number of rotatable bonds is 16. The molecule has 0 saturated carbocycles. The second-order valence-corrected chi connectivity index (χ2v) is 14.1. The number of likely N-dealkylation sites (tertiary alicyclic amines) is 1. The number of nitrogens with two attached hydrogens (primary N) is 1. The van der Waals surface area contributed by atoms with Crippen LogP contribution >= 0.6 is 23.5 Å². The molecule has 45 heavy (non-hydrogen) atoms. The van der Waals surface area contributed by atoms with Gasteiger partial charge in [-0.1, -0.05) is 42.3 Å². The predicted octanol–water partition coefficient (Wildman–Crippen LogP) is 2.35. The molecule has 0 unspecified atom stereocenters. The summed E-state index contributed by atoms with van der Waals surface area (Å²) in [5.74, 6) is -2.58. The number of sulfonamides is 1. The van der Waals surface area contributed by atoms with Crippen LogP contribution in [0.5, 0.6) is 0 Å². The molecule has 1 fully saturated rings. The minimum atomic E-state index is -3.90. The second kappa shape index (κ2) is 16.1. The van der Waals surface area contributed by atoms with Gasteiger partial charge in [-0.25, -0.2) is 22.7 Å². The Balaban J connectivity index is 1.35. The van der Waals surface area contributed by atoms with Gasteiger partial charge >= 0.3 is 11.9 Å². The molecule has 2 aromatic rings. The fraction of sp³-hybridized carbons (Fsp3) is 0.483. The number of aliphatic carboxylic acids is 2. The number of carbonyl (C=O) groups excluding carboxylic acids is 1. The Morgan fingerprint density at radius 3 is 2.51 bits per heavy atom. The molecule has 13 nitrogen and oxygen atoms in total. The van der Waals surface area contributed by atoms with E-state index in [1.54, 1.807) is 30.3 Å². The quantitative estimate of drug-likeness (QED) is 0.101. The van der Waals surface area contributed by atoms with Crippen LogP contribution in [0.3, 0.4) is 0 Å². The molecule has 246 valence electrons. The van der Waals surface area contributed by atoms with Crippen molar-refractivity contribution in [2.75, 3.05) is 25.1 Å².